The smallest absolute Gasteiger partial charge is 0.246 e. The van der Waals surface area contributed by atoms with Crippen molar-refractivity contribution < 1.29 is 38.4 Å². The molecular weight excluding hydrogens is 658 g/mol. The number of Topliss-reactive ketones (excluding diaryl/α,β-unsaturated/α-hetero) is 2. The van der Waals surface area contributed by atoms with Crippen molar-refractivity contribution >= 4 is 23.5 Å². The minimum atomic E-state index is -1.58. The van der Waals surface area contributed by atoms with Gasteiger partial charge in [-0.3, -0.25) is 14.4 Å². The lowest BCUT2D eigenvalue weighted by Gasteiger charge is -2.56. The Bertz CT molecular complexity index is 1870. The van der Waals surface area contributed by atoms with Crippen molar-refractivity contribution in [3.63, 3.8) is 0 Å². The number of carbonyl (C=O) groups excluding carboxylic acids is 3. The molecule has 4 bridgehead atoms. The fourth-order valence-corrected chi connectivity index (χ4v) is 8.76. The predicted octanol–water partition coefficient (Wildman–Crippen LogP) is 7.82. The largest absolute Gasteiger partial charge is 0.506 e. The van der Waals surface area contributed by atoms with Crippen LogP contribution in [0, 0.1) is 11.8 Å². The van der Waals surface area contributed by atoms with Gasteiger partial charge in [0.05, 0.1) is 24.0 Å². The van der Waals surface area contributed by atoms with Gasteiger partial charge in [-0.2, -0.15) is 0 Å². The van der Waals surface area contributed by atoms with Crippen LogP contribution in [0.1, 0.15) is 109 Å². The summed E-state index contributed by atoms with van der Waals surface area (Å²) in [7, 11) is 0. The van der Waals surface area contributed by atoms with Gasteiger partial charge in [-0.25, -0.2) is 0 Å². The molecule has 0 aromatic heterocycles. The van der Waals surface area contributed by atoms with E-state index in [-0.39, 0.29) is 46.9 Å². The van der Waals surface area contributed by atoms with Crippen LogP contribution in [0.2, 0.25) is 0 Å². The summed E-state index contributed by atoms with van der Waals surface area (Å²) in [6.45, 7) is 20.1. The highest BCUT2D eigenvalue weighted by Crippen LogP contribution is 2.68. The quantitative estimate of drug-likeness (QED) is 0.0920. The highest BCUT2D eigenvalue weighted by atomic mass is 16.6. The molecule has 5 unspecified atom stereocenters. The van der Waals surface area contributed by atoms with Crippen LogP contribution in [-0.2, 0) is 25.5 Å². The maximum atomic E-state index is 14.9. The molecule has 3 heterocycles. The number of ether oxygens (including phenoxy) is 4. The Morgan fingerprint density at radius 3 is 2.48 bits per heavy atom. The van der Waals surface area contributed by atoms with E-state index < -0.39 is 28.3 Å². The van der Waals surface area contributed by atoms with Crippen molar-refractivity contribution in [3.8, 4) is 17.2 Å². The van der Waals surface area contributed by atoms with Gasteiger partial charge in [0.2, 0.25) is 5.91 Å². The molecule has 1 saturated heterocycles. The molecule has 3 aliphatic heterocycles. The van der Waals surface area contributed by atoms with Gasteiger partial charge in [-0.1, -0.05) is 42.0 Å². The van der Waals surface area contributed by atoms with Crippen LogP contribution in [0.25, 0.3) is 6.08 Å². The van der Waals surface area contributed by atoms with Gasteiger partial charge in [0.25, 0.3) is 0 Å². The third-order valence-electron chi connectivity index (χ3n) is 11.3. The third kappa shape index (κ3) is 5.95. The standard InChI is InChI=1S/C43H53NO8/c1-10-49-22-12-21-44-39(48)27(6)16-20-42-38(47)28-23-31-35(46)33-34(45)29-17-19-41(9,18-11-13-25(2)3)50-36(29)30(15-14-26(4)5)37(33)51-43(31,42)32(24-28)40(7,8)52-42/h10,13-14,16-17,19,23,28,32,45H,1,11-12,15,18,20-22,24H2,2-9H3,(H,44,48)/b27-16-. The zero-order valence-electron chi connectivity index (χ0n) is 31.9. The van der Waals surface area contributed by atoms with E-state index in [0.29, 0.717) is 66.9 Å². The Balaban J connectivity index is 1.47. The van der Waals surface area contributed by atoms with E-state index in [1.807, 2.05) is 52.8 Å². The SMILES string of the molecule is C=COCCCNC(=O)/C(C)=C\CC12OC(C)(C)C3CC(C=C4C(=O)c5c(O)c6c(c(CC=C(C)C)c5OC431)OC(C)(CCC=C(C)C)C=C6)C2=O. The lowest BCUT2D eigenvalue weighted by Crippen LogP contribution is -2.72. The first-order valence-corrected chi connectivity index (χ1v) is 18.5. The molecule has 3 aliphatic carbocycles. The second-order valence-electron chi connectivity index (χ2n) is 16.1. The van der Waals surface area contributed by atoms with Gasteiger partial charge in [-0.15, -0.1) is 0 Å². The number of hydrogen-bond donors (Lipinski definition) is 2. The highest BCUT2D eigenvalue weighted by Gasteiger charge is 2.81. The average Bonchev–Trinajstić information content (AvgIpc) is 3.23. The van der Waals surface area contributed by atoms with Crippen LogP contribution >= 0.6 is 0 Å². The fraction of sp³-hybridized carbons (Fsp3) is 0.512. The molecular formula is C43H53NO8. The molecule has 5 atom stereocenters. The summed E-state index contributed by atoms with van der Waals surface area (Å²) >= 11 is 0. The maximum Gasteiger partial charge on any atom is 0.246 e. The predicted molar refractivity (Wildman–Crippen MR) is 200 cm³/mol. The molecule has 2 fully saturated rings. The summed E-state index contributed by atoms with van der Waals surface area (Å²) in [4.78, 5) is 42.6. The number of benzene rings is 1. The lowest BCUT2D eigenvalue weighted by molar-refractivity contribution is -0.171. The van der Waals surface area contributed by atoms with Crippen molar-refractivity contribution in [2.75, 3.05) is 13.2 Å². The topological polar surface area (TPSA) is 120 Å². The molecule has 1 saturated carbocycles. The second-order valence-corrected chi connectivity index (χ2v) is 16.1. The number of aromatic hydroxyl groups is 1. The van der Waals surface area contributed by atoms with Crippen molar-refractivity contribution in [2.45, 2.75) is 116 Å². The van der Waals surface area contributed by atoms with Gasteiger partial charge in [0.15, 0.2) is 22.8 Å². The number of allylic oxidation sites excluding steroid dienone is 5. The molecule has 0 radical (unpaired) electrons. The summed E-state index contributed by atoms with van der Waals surface area (Å²) < 4.78 is 26.1. The molecule has 6 aliphatic rings. The zero-order valence-corrected chi connectivity index (χ0v) is 31.9. The number of amides is 1. The van der Waals surface area contributed by atoms with Gasteiger partial charge < -0.3 is 29.4 Å². The first-order valence-electron chi connectivity index (χ1n) is 18.5. The summed E-state index contributed by atoms with van der Waals surface area (Å²) in [6.07, 6.45) is 15.8. The van der Waals surface area contributed by atoms with E-state index in [1.54, 1.807) is 19.1 Å². The van der Waals surface area contributed by atoms with Crippen LogP contribution < -0.4 is 14.8 Å². The van der Waals surface area contributed by atoms with Crippen LogP contribution in [0.3, 0.4) is 0 Å². The first-order chi connectivity index (χ1) is 24.5. The van der Waals surface area contributed by atoms with Gasteiger partial charge >= 0.3 is 0 Å². The van der Waals surface area contributed by atoms with Crippen LogP contribution in [0.15, 0.2) is 65.5 Å². The van der Waals surface area contributed by atoms with Crippen molar-refractivity contribution in [3.05, 3.63) is 82.2 Å². The number of carbonyl (C=O) groups is 3. The van der Waals surface area contributed by atoms with Crippen molar-refractivity contribution in [1.82, 2.24) is 5.32 Å². The molecule has 1 amide bonds. The van der Waals surface area contributed by atoms with Crippen LogP contribution in [0.4, 0.5) is 0 Å². The average molecular weight is 712 g/mol. The van der Waals surface area contributed by atoms with E-state index in [0.717, 1.165) is 12.0 Å². The first kappa shape index (κ1) is 37.4. The number of fused-ring (bicyclic) bond motifs is 2. The van der Waals surface area contributed by atoms with Crippen molar-refractivity contribution in [1.29, 1.82) is 0 Å². The summed E-state index contributed by atoms with van der Waals surface area (Å²) in [5.74, 6) is -1.25. The lowest BCUT2D eigenvalue weighted by atomic mass is 9.51. The number of ketones is 2. The Labute approximate surface area is 307 Å². The highest BCUT2D eigenvalue weighted by molar-refractivity contribution is 6.19. The number of hydrogen-bond acceptors (Lipinski definition) is 8. The fourth-order valence-electron chi connectivity index (χ4n) is 8.76. The minimum absolute atomic E-state index is 0.0307. The molecule has 1 aromatic rings. The van der Waals surface area contributed by atoms with Crippen LogP contribution in [-0.4, -0.2) is 58.1 Å². The third-order valence-corrected chi connectivity index (χ3v) is 11.3. The van der Waals surface area contributed by atoms with E-state index >= 15 is 0 Å². The Morgan fingerprint density at radius 2 is 1.79 bits per heavy atom. The van der Waals surface area contributed by atoms with E-state index in [1.165, 1.54) is 11.8 Å². The minimum Gasteiger partial charge on any atom is -0.506 e. The summed E-state index contributed by atoms with van der Waals surface area (Å²) in [5.41, 5.74) is -0.393. The Morgan fingerprint density at radius 1 is 1.06 bits per heavy atom. The molecule has 2 N–H and O–H groups in total. The van der Waals surface area contributed by atoms with Gasteiger partial charge in [-0.05, 0) is 99.6 Å². The second kappa shape index (κ2) is 13.6. The zero-order chi connectivity index (χ0) is 37.8. The Kier molecular flexibility index (Phi) is 9.75. The Hall–Kier alpha value is -4.37. The monoisotopic (exact) mass is 711 g/mol. The van der Waals surface area contributed by atoms with Gasteiger partial charge in [0.1, 0.15) is 28.4 Å². The maximum absolute atomic E-state index is 14.9. The molecule has 1 spiro atoms. The number of rotatable bonds is 13. The molecule has 7 rings (SSSR count). The molecule has 1 aromatic carbocycles. The normalized spacial score (nSPS) is 28.8. The van der Waals surface area contributed by atoms with E-state index in [4.69, 9.17) is 18.9 Å². The van der Waals surface area contributed by atoms with Crippen molar-refractivity contribution in [2.24, 2.45) is 11.8 Å². The van der Waals surface area contributed by atoms with E-state index in [9.17, 15) is 19.5 Å². The van der Waals surface area contributed by atoms with E-state index in [2.05, 4.69) is 31.8 Å². The van der Waals surface area contributed by atoms with Gasteiger partial charge in [0, 0.05) is 41.5 Å². The summed E-state index contributed by atoms with van der Waals surface area (Å²) in [6, 6.07) is 0. The summed E-state index contributed by atoms with van der Waals surface area (Å²) in [5, 5.41) is 14.8. The molecule has 9 nitrogen and oxygen atoms in total. The molecule has 52 heavy (non-hydrogen) atoms. The number of phenols is 1. The molecule has 9 heteroatoms. The van der Waals surface area contributed by atoms with Crippen LogP contribution in [0.5, 0.6) is 17.2 Å². The molecule has 278 valence electrons. The number of nitrogens with one attached hydrogen (secondary N) is 1. The number of phenolic OH excluding ortho intramolecular Hbond substituents is 1.